The van der Waals surface area contributed by atoms with E-state index in [2.05, 4.69) is 14.8 Å². The molecule has 3 nitrogen and oxygen atoms in total. The Morgan fingerprint density at radius 3 is 2.09 bits per heavy atom. The summed E-state index contributed by atoms with van der Waals surface area (Å²) in [5, 5.41) is 0.979. The number of hydrogen-bond donors (Lipinski definition) is 0. The summed E-state index contributed by atoms with van der Waals surface area (Å²) in [4.78, 5) is 9.24. The van der Waals surface area contributed by atoms with Gasteiger partial charge in [-0.1, -0.05) is 36.0 Å². The maximum atomic E-state index is 5.99. The number of aromatic nitrogens is 1. The SMILES string of the molecule is Clc1cc(CN2CCC(CN3CCCCCC3)CC2)cc(Cl)n1. The molecule has 3 rings (SSSR count). The number of likely N-dealkylation sites (tertiary alicyclic amines) is 2. The van der Waals surface area contributed by atoms with Gasteiger partial charge in [0.1, 0.15) is 10.3 Å². The third-order valence-electron chi connectivity index (χ3n) is 5.15. The molecule has 0 aliphatic carbocycles. The van der Waals surface area contributed by atoms with Gasteiger partial charge in [-0.05, 0) is 75.5 Å². The topological polar surface area (TPSA) is 19.4 Å². The van der Waals surface area contributed by atoms with Crippen LogP contribution in [0.2, 0.25) is 10.3 Å². The molecule has 1 aromatic rings. The summed E-state index contributed by atoms with van der Waals surface area (Å²) in [6.45, 7) is 7.22. The van der Waals surface area contributed by atoms with E-state index in [0.717, 1.165) is 12.5 Å². The second kappa shape index (κ2) is 8.66. The molecule has 0 radical (unpaired) electrons. The van der Waals surface area contributed by atoms with Gasteiger partial charge in [0.05, 0.1) is 0 Å². The first kappa shape index (κ1) is 17.5. The van der Waals surface area contributed by atoms with Crippen LogP contribution in [-0.2, 0) is 6.54 Å². The fourth-order valence-corrected chi connectivity index (χ4v) is 4.38. The first-order valence-electron chi connectivity index (χ1n) is 8.96. The molecule has 3 heterocycles. The third kappa shape index (κ3) is 5.60. The number of halogens is 2. The number of hydrogen-bond acceptors (Lipinski definition) is 3. The van der Waals surface area contributed by atoms with Crippen LogP contribution in [0, 0.1) is 5.92 Å². The van der Waals surface area contributed by atoms with Gasteiger partial charge in [0.2, 0.25) is 0 Å². The van der Waals surface area contributed by atoms with Crippen molar-refractivity contribution in [2.75, 3.05) is 32.7 Å². The summed E-state index contributed by atoms with van der Waals surface area (Å²) in [7, 11) is 0. The van der Waals surface area contributed by atoms with Gasteiger partial charge in [-0.3, -0.25) is 4.90 Å². The van der Waals surface area contributed by atoms with Crippen LogP contribution in [0.25, 0.3) is 0 Å². The molecule has 5 heteroatoms. The van der Waals surface area contributed by atoms with Crippen LogP contribution in [0.4, 0.5) is 0 Å². The van der Waals surface area contributed by atoms with Gasteiger partial charge in [0.25, 0.3) is 0 Å². The molecule has 0 spiro atoms. The average molecular weight is 356 g/mol. The lowest BCUT2D eigenvalue weighted by Gasteiger charge is -2.34. The third-order valence-corrected chi connectivity index (χ3v) is 5.54. The Balaban J connectivity index is 1.44. The first-order valence-corrected chi connectivity index (χ1v) is 9.71. The Kier molecular flexibility index (Phi) is 6.58. The molecule has 0 atom stereocenters. The number of pyridine rings is 1. The molecule has 128 valence electrons. The highest BCUT2D eigenvalue weighted by atomic mass is 35.5. The standard InChI is InChI=1S/C18H27Cl2N3/c19-17-11-16(12-18(20)21-17)14-23-9-5-15(6-10-23)13-22-7-3-1-2-4-8-22/h11-12,15H,1-10,13-14H2. The first-order chi connectivity index (χ1) is 11.2. The molecule has 2 saturated heterocycles. The number of piperidine rings is 1. The molecular weight excluding hydrogens is 329 g/mol. The Morgan fingerprint density at radius 2 is 1.48 bits per heavy atom. The molecule has 0 saturated carbocycles. The second-order valence-electron chi connectivity index (χ2n) is 7.06. The number of nitrogens with zero attached hydrogens (tertiary/aromatic N) is 3. The van der Waals surface area contributed by atoms with Crippen LogP contribution in [0.15, 0.2) is 12.1 Å². The van der Waals surface area contributed by atoms with Crippen molar-refractivity contribution in [1.29, 1.82) is 0 Å². The zero-order valence-corrected chi connectivity index (χ0v) is 15.3. The minimum absolute atomic E-state index is 0.489. The van der Waals surface area contributed by atoms with Crippen LogP contribution in [0.5, 0.6) is 0 Å². The summed E-state index contributed by atoms with van der Waals surface area (Å²) in [6.07, 6.45) is 8.24. The lowest BCUT2D eigenvalue weighted by Crippen LogP contribution is -2.38. The lowest BCUT2D eigenvalue weighted by atomic mass is 9.95. The van der Waals surface area contributed by atoms with Crippen LogP contribution in [-0.4, -0.2) is 47.5 Å². The van der Waals surface area contributed by atoms with E-state index in [1.165, 1.54) is 76.8 Å². The highest BCUT2D eigenvalue weighted by molar-refractivity contribution is 6.32. The fourth-order valence-electron chi connectivity index (χ4n) is 3.87. The van der Waals surface area contributed by atoms with Crippen molar-refractivity contribution >= 4 is 23.2 Å². The summed E-state index contributed by atoms with van der Waals surface area (Å²) in [5.41, 5.74) is 1.17. The fraction of sp³-hybridized carbons (Fsp3) is 0.722. The highest BCUT2D eigenvalue weighted by Crippen LogP contribution is 2.23. The summed E-state index contributed by atoms with van der Waals surface area (Å²) >= 11 is 12.0. The smallest absolute Gasteiger partial charge is 0.131 e. The van der Waals surface area contributed by atoms with Gasteiger partial charge >= 0.3 is 0 Å². The van der Waals surface area contributed by atoms with E-state index in [0.29, 0.717) is 10.3 Å². The van der Waals surface area contributed by atoms with Crippen molar-refractivity contribution in [1.82, 2.24) is 14.8 Å². The highest BCUT2D eigenvalue weighted by Gasteiger charge is 2.22. The monoisotopic (exact) mass is 355 g/mol. The zero-order valence-electron chi connectivity index (χ0n) is 13.8. The van der Waals surface area contributed by atoms with Gasteiger partial charge in [-0.2, -0.15) is 0 Å². The van der Waals surface area contributed by atoms with Gasteiger partial charge in [-0.25, -0.2) is 4.98 Å². The molecule has 2 fully saturated rings. The van der Waals surface area contributed by atoms with Gasteiger partial charge < -0.3 is 4.90 Å². The minimum Gasteiger partial charge on any atom is -0.303 e. The normalized spacial score (nSPS) is 22.2. The second-order valence-corrected chi connectivity index (χ2v) is 7.83. The molecular formula is C18H27Cl2N3. The Labute approximate surface area is 150 Å². The van der Waals surface area contributed by atoms with E-state index in [9.17, 15) is 0 Å². The maximum absolute atomic E-state index is 5.99. The average Bonchev–Trinajstić information content (AvgIpc) is 2.77. The van der Waals surface area contributed by atoms with Crippen molar-refractivity contribution in [3.8, 4) is 0 Å². The van der Waals surface area contributed by atoms with E-state index < -0.39 is 0 Å². The van der Waals surface area contributed by atoms with Gasteiger partial charge in [-0.15, -0.1) is 0 Å². The largest absolute Gasteiger partial charge is 0.303 e. The molecule has 1 aromatic heterocycles. The predicted octanol–water partition coefficient (Wildman–Crippen LogP) is 4.48. The molecule has 0 amide bonds. The number of rotatable bonds is 4. The molecule has 0 bridgehead atoms. The maximum Gasteiger partial charge on any atom is 0.131 e. The summed E-state index contributed by atoms with van der Waals surface area (Å²) in [5.74, 6) is 0.869. The zero-order chi connectivity index (χ0) is 16.1. The van der Waals surface area contributed by atoms with E-state index >= 15 is 0 Å². The minimum atomic E-state index is 0.489. The predicted molar refractivity (Wildman–Crippen MR) is 97.2 cm³/mol. The molecule has 23 heavy (non-hydrogen) atoms. The Bertz CT molecular complexity index is 473. The van der Waals surface area contributed by atoms with Crippen molar-refractivity contribution in [2.45, 2.75) is 45.1 Å². The van der Waals surface area contributed by atoms with E-state index in [1.807, 2.05) is 12.1 Å². The van der Waals surface area contributed by atoms with Crippen LogP contribution >= 0.6 is 23.2 Å². The molecule has 0 unspecified atom stereocenters. The molecule has 2 aliphatic heterocycles. The molecule has 0 aromatic carbocycles. The summed E-state index contributed by atoms with van der Waals surface area (Å²) in [6, 6.07) is 3.85. The Morgan fingerprint density at radius 1 is 0.870 bits per heavy atom. The van der Waals surface area contributed by atoms with E-state index in [1.54, 1.807) is 0 Å². The van der Waals surface area contributed by atoms with Crippen molar-refractivity contribution in [3.63, 3.8) is 0 Å². The van der Waals surface area contributed by atoms with Gasteiger partial charge in [0, 0.05) is 13.1 Å². The van der Waals surface area contributed by atoms with Crippen LogP contribution in [0.3, 0.4) is 0 Å². The molecule has 0 N–H and O–H groups in total. The quantitative estimate of drug-likeness (QED) is 0.742. The molecule has 2 aliphatic rings. The van der Waals surface area contributed by atoms with Crippen molar-refractivity contribution < 1.29 is 0 Å². The van der Waals surface area contributed by atoms with Crippen molar-refractivity contribution in [2.24, 2.45) is 5.92 Å². The lowest BCUT2D eigenvalue weighted by molar-refractivity contribution is 0.140. The van der Waals surface area contributed by atoms with E-state index in [4.69, 9.17) is 23.2 Å². The van der Waals surface area contributed by atoms with Crippen LogP contribution in [0.1, 0.15) is 44.1 Å². The van der Waals surface area contributed by atoms with Crippen molar-refractivity contribution in [3.05, 3.63) is 28.0 Å². The van der Waals surface area contributed by atoms with E-state index in [-0.39, 0.29) is 0 Å². The summed E-state index contributed by atoms with van der Waals surface area (Å²) < 4.78 is 0. The Hall–Kier alpha value is -0.350. The van der Waals surface area contributed by atoms with Gasteiger partial charge in [0.15, 0.2) is 0 Å². The van der Waals surface area contributed by atoms with Crippen LogP contribution < -0.4 is 0 Å².